The van der Waals surface area contributed by atoms with Gasteiger partial charge in [-0.25, -0.2) is 13.8 Å². The highest BCUT2D eigenvalue weighted by atomic mass is 127. The Balaban J connectivity index is 0.00000300. The van der Waals surface area contributed by atoms with E-state index in [9.17, 15) is 8.78 Å². The number of aromatic nitrogens is 2. The van der Waals surface area contributed by atoms with Gasteiger partial charge in [-0.3, -0.25) is 9.89 Å². The fourth-order valence-corrected chi connectivity index (χ4v) is 3.75. The summed E-state index contributed by atoms with van der Waals surface area (Å²) in [7, 11) is 3.74. The molecule has 9 heteroatoms. The lowest BCUT2D eigenvalue weighted by atomic mass is 10.0. The van der Waals surface area contributed by atoms with E-state index in [2.05, 4.69) is 25.1 Å². The number of hydrogen-bond acceptors (Lipinski definition) is 3. The van der Waals surface area contributed by atoms with Crippen LogP contribution >= 0.6 is 24.0 Å². The summed E-state index contributed by atoms with van der Waals surface area (Å²) in [5, 5.41) is 3.36. The van der Waals surface area contributed by atoms with Gasteiger partial charge in [-0.05, 0) is 12.5 Å². The molecule has 29 heavy (non-hydrogen) atoms. The summed E-state index contributed by atoms with van der Waals surface area (Å²) in [6, 6.07) is 3.82. The standard InChI is InChI=1S/C20H28F2N6.HI/c1-4-18(16-6-5-15(21)13-17(16)22)27-9-11-28(12-10-27)20(23-2)25-14-19-24-7-8-26(19)3;/h5-8,13,18H,4,9-12,14H2,1-3H3,(H,23,25);1H. The summed E-state index contributed by atoms with van der Waals surface area (Å²) in [5.41, 5.74) is 0.564. The molecule has 0 bridgehead atoms. The first-order chi connectivity index (χ1) is 13.5. The zero-order valence-corrected chi connectivity index (χ0v) is 19.4. The minimum Gasteiger partial charge on any atom is -0.349 e. The van der Waals surface area contributed by atoms with Gasteiger partial charge in [-0.1, -0.05) is 13.0 Å². The van der Waals surface area contributed by atoms with Gasteiger partial charge in [0.05, 0.1) is 6.54 Å². The number of guanidine groups is 1. The summed E-state index contributed by atoms with van der Waals surface area (Å²) in [6.07, 6.45) is 4.46. The molecule has 1 aromatic heterocycles. The van der Waals surface area contributed by atoms with Gasteiger partial charge in [0.2, 0.25) is 0 Å². The molecular weight excluding hydrogens is 489 g/mol. The molecule has 1 atom stereocenters. The first kappa shape index (κ1) is 23.5. The van der Waals surface area contributed by atoms with Crippen LogP contribution in [0.15, 0.2) is 35.6 Å². The van der Waals surface area contributed by atoms with Crippen molar-refractivity contribution in [2.24, 2.45) is 12.0 Å². The topological polar surface area (TPSA) is 48.7 Å². The number of imidazole rings is 1. The first-order valence-corrected chi connectivity index (χ1v) is 9.64. The molecule has 3 rings (SSSR count). The molecular formula is C20H29F2IN6. The second-order valence-corrected chi connectivity index (χ2v) is 6.97. The Labute approximate surface area is 188 Å². The monoisotopic (exact) mass is 518 g/mol. The van der Waals surface area contributed by atoms with Crippen molar-refractivity contribution in [2.45, 2.75) is 25.9 Å². The smallest absolute Gasteiger partial charge is 0.194 e. The second kappa shape index (κ2) is 10.9. The lowest BCUT2D eigenvalue weighted by Gasteiger charge is -2.40. The lowest BCUT2D eigenvalue weighted by molar-refractivity contribution is 0.124. The fourth-order valence-electron chi connectivity index (χ4n) is 3.75. The summed E-state index contributed by atoms with van der Waals surface area (Å²) in [6.45, 7) is 5.80. The summed E-state index contributed by atoms with van der Waals surface area (Å²) < 4.78 is 29.5. The molecule has 1 unspecified atom stereocenters. The maximum Gasteiger partial charge on any atom is 0.194 e. The van der Waals surface area contributed by atoms with Crippen LogP contribution in [0, 0.1) is 11.6 Å². The molecule has 1 aromatic carbocycles. The molecule has 2 aromatic rings. The molecule has 6 nitrogen and oxygen atoms in total. The number of piperazine rings is 1. The molecule has 1 aliphatic rings. The third-order valence-electron chi connectivity index (χ3n) is 5.30. The third-order valence-corrected chi connectivity index (χ3v) is 5.30. The Kier molecular flexibility index (Phi) is 8.81. The molecule has 160 valence electrons. The number of benzene rings is 1. The van der Waals surface area contributed by atoms with Gasteiger partial charge < -0.3 is 14.8 Å². The van der Waals surface area contributed by atoms with Crippen LogP contribution in [0.25, 0.3) is 0 Å². The van der Waals surface area contributed by atoms with Crippen molar-refractivity contribution in [3.8, 4) is 0 Å². The number of aryl methyl sites for hydroxylation is 1. The molecule has 2 heterocycles. The van der Waals surface area contributed by atoms with E-state index in [0.29, 0.717) is 12.1 Å². The molecule has 1 fully saturated rings. The van der Waals surface area contributed by atoms with Crippen molar-refractivity contribution < 1.29 is 8.78 Å². The van der Waals surface area contributed by atoms with Crippen LogP contribution in [0.4, 0.5) is 8.78 Å². The van der Waals surface area contributed by atoms with Crippen molar-refractivity contribution in [3.05, 3.63) is 53.6 Å². The van der Waals surface area contributed by atoms with E-state index >= 15 is 0 Å². The van der Waals surface area contributed by atoms with Crippen molar-refractivity contribution in [3.63, 3.8) is 0 Å². The molecule has 1 saturated heterocycles. The Morgan fingerprint density at radius 2 is 1.97 bits per heavy atom. The van der Waals surface area contributed by atoms with Crippen molar-refractivity contribution in [2.75, 3.05) is 33.2 Å². The highest BCUT2D eigenvalue weighted by Crippen LogP contribution is 2.28. The van der Waals surface area contributed by atoms with E-state index in [0.717, 1.165) is 50.5 Å². The second-order valence-electron chi connectivity index (χ2n) is 6.97. The zero-order valence-electron chi connectivity index (χ0n) is 17.1. The summed E-state index contributed by atoms with van der Waals surface area (Å²) in [4.78, 5) is 13.2. The van der Waals surface area contributed by atoms with Gasteiger partial charge in [-0.15, -0.1) is 24.0 Å². The molecule has 1 N–H and O–H groups in total. The zero-order chi connectivity index (χ0) is 20.1. The average molecular weight is 518 g/mol. The van der Waals surface area contributed by atoms with Crippen LogP contribution in [0.1, 0.15) is 30.8 Å². The fraction of sp³-hybridized carbons (Fsp3) is 0.500. The maximum absolute atomic E-state index is 14.3. The molecule has 0 saturated carbocycles. The Hall–Kier alpha value is -1.75. The van der Waals surface area contributed by atoms with Crippen LogP contribution in [-0.4, -0.2) is 58.5 Å². The van der Waals surface area contributed by atoms with Gasteiger partial charge in [0, 0.05) is 70.3 Å². The van der Waals surface area contributed by atoms with Crippen LogP contribution in [0.2, 0.25) is 0 Å². The van der Waals surface area contributed by atoms with Gasteiger partial charge in [-0.2, -0.15) is 0 Å². The van der Waals surface area contributed by atoms with Gasteiger partial charge in [0.15, 0.2) is 5.96 Å². The minimum atomic E-state index is -0.538. The van der Waals surface area contributed by atoms with Crippen LogP contribution in [0.3, 0.4) is 0 Å². The Morgan fingerprint density at radius 3 is 2.52 bits per heavy atom. The maximum atomic E-state index is 14.3. The van der Waals surface area contributed by atoms with E-state index in [1.165, 1.54) is 6.07 Å². The molecule has 0 radical (unpaired) electrons. The van der Waals surface area contributed by atoms with Crippen molar-refractivity contribution >= 4 is 29.9 Å². The van der Waals surface area contributed by atoms with Crippen LogP contribution in [0.5, 0.6) is 0 Å². The number of hydrogen-bond donors (Lipinski definition) is 1. The molecule has 0 spiro atoms. The highest BCUT2D eigenvalue weighted by molar-refractivity contribution is 14.0. The van der Waals surface area contributed by atoms with Gasteiger partial charge in [0.1, 0.15) is 17.5 Å². The normalized spacial score (nSPS) is 16.4. The summed E-state index contributed by atoms with van der Waals surface area (Å²) >= 11 is 0. The predicted octanol–water partition coefficient (Wildman–Crippen LogP) is 3.16. The lowest BCUT2D eigenvalue weighted by Crippen LogP contribution is -2.53. The SMILES string of the molecule is CCC(c1ccc(F)cc1F)N1CCN(C(=NC)NCc2nccn2C)CC1.I. The predicted molar refractivity (Wildman–Crippen MR) is 121 cm³/mol. The van der Waals surface area contributed by atoms with E-state index in [4.69, 9.17) is 0 Å². The van der Waals surface area contributed by atoms with Crippen molar-refractivity contribution in [1.82, 2.24) is 24.7 Å². The minimum absolute atomic E-state index is 0. The van der Waals surface area contributed by atoms with Gasteiger partial charge >= 0.3 is 0 Å². The third kappa shape index (κ3) is 5.65. The van der Waals surface area contributed by atoms with Crippen molar-refractivity contribution in [1.29, 1.82) is 0 Å². The van der Waals surface area contributed by atoms with Gasteiger partial charge in [0.25, 0.3) is 0 Å². The number of nitrogens with one attached hydrogen (secondary N) is 1. The molecule has 0 aliphatic carbocycles. The van der Waals surface area contributed by atoms with E-state index < -0.39 is 11.6 Å². The number of nitrogens with zero attached hydrogens (tertiary/aromatic N) is 5. The number of halogens is 3. The molecule has 0 amide bonds. The summed E-state index contributed by atoms with van der Waals surface area (Å²) in [5.74, 6) is 0.770. The van der Waals surface area contributed by atoms with E-state index in [1.807, 2.05) is 24.7 Å². The average Bonchev–Trinajstić information content (AvgIpc) is 3.10. The number of aliphatic imine (C=N–C) groups is 1. The first-order valence-electron chi connectivity index (χ1n) is 9.64. The molecule has 1 aliphatic heterocycles. The largest absolute Gasteiger partial charge is 0.349 e. The van der Waals surface area contributed by atoms with E-state index in [-0.39, 0.29) is 30.0 Å². The Morgan fingerprint density at radius 1 is 1.24 bits per heavy atom. The Bertz CT molecular complexity index is 817. The van der Waals surface area contributed by atoms with E-state index in [1.54, 1.807) is 19.3 Å². The highest BCUT2D eigenvalue weighted by Gasteiger charge is 2.27. The quantitative estimate of drug-likeness (QED) is 0.376. The van der Waals surface area contributed by atoms with Crippen LogP contribution in [-0.2, 0) is 13.6 Å². The number of rotatable bonds is 5. The van der Waals surface area contributed by atoms with Crippen LogP contribution < -0.4 is 5.32 Å².